The fourth-order valence-corrected chi connectivity index (χ4v) is 9.39. The first-order valence-corrected chi connectivity index (χ1v) is 14.0. The summed E-state index contributed by atoms with van der Waals surface area (Å²) in [4.78, 5) is 38.0. The molecule has 0 radical (unpaired) electrons. The lowest BCUT2D eigenvalue weighted by Gasteiger charge is -2.62. The molecule has 37 heavy (non-hydrogen) atoms. The van der Waals surface area contributed by atoms with E-state index in [-0.39, 0.29) is 48.6 Å². The van der Waals surface area contributed by atoms with E-state index < -0.39 is 51.9 Å². The summed E-state index contributed by atoms with van der Waals surface area (Å²) >= 11 is 0. The Balaban J connectivity index is 1.74. The van der Waals surface area contributed by atoms with Gasteiger partial charge in [0.2, 0.25) is 0 Å². The minimum absolute atomic E-state index is 0.0190. The van der Waals surface area contributed by atoms with E-state index in [0.29, 0.717) is 36.8 Å². The van der Waals surface area contributed by atoms with E-state index in [1.807, 2.05) is 34.6 Å². The Bertz CT molecular complexity index is 1030. The Morgan fingerprint density at radius 3 is 2.19 bits per heavy atom. The highest BCUT2D eigenvalue weighted by Gasteiger charge is 2.70. The summed E-state index contributed by atoms with van der Waals surface area (Å²) in [5.74, 6) is -2.17. The predicted molar refractivity (Wildman–Crippen MR) is 138 cm³/mol. The summed E-state index contributed by atoms with van der Waals surface area (Å²) in [6, 6.07) is 0. The van der Waals surface area contributed by atoms with Crippen LogP contribution in [0.1, 0.15) is 93.4 Å². The van der Waals surface area contributed by atoms with Crippen molar-refractivity contribution in [2.75, 3.05) is 0 Å². The number of allylic oxidation sites excluding steroid dienone is 1. The van der Waals surface area contributed by atoms with E-state index in [1.54, 1.807) is 0 Å². The smallest absolute Gasteiger partial charge is 0.306 e. The molecule has 4 aliphatic carbocycles. The molecule has 10 atom stereocenters. The second-order valence-electron chi connectivity index (χ2n) is 14.1. The van der Waals surface area contributed by atoms with E-state index >= 15 is 0 Å². The molecule has 7 nitrogen and oxygen atoms in total. The molecule has 0 spiro atoms. The summed E-state index contributed by atoms with van der Waals surface area (Å²) < 4.78 is 0. The van der Waals surface area contributed by atoms with Crippen molar-refractivity contribution in [3.8, 4) is 0 Å². The minimum Gasteiger partial charge on any atom is -0.481 e. The molecule has 0 unspecified atom stereocenters. The zero-order valence-electron chi connectivity index (χ0n) is 23.5. The van der Waals surface area contributed by atoms with Crippen LogP contribution in [0.5, 0.6) is 0 Å². The van der Waals surface area contributed by atoms with Crippen molar-refractivity contribution in [3.05, 3.63) is 11.1 Å². The van der Waals surface area contributed by atoms with E-state index in [0.717, 1.165) is 0 Å². The average molecular weight is 519 g/mol. The highest BCUT2D eigenvalue weighted by atomic mass is 16.4. The molecule has 0 heterocycles. The summed E-state index contributed by atoms with van der Waals surface area (Å²) in [5.41, 5.74) is -1.03. The van der Waals surface area contributed by atoms with E-state index in [4.69, 9.17) is 0 Å². The van der Waals surface area contributed by atoms with Gasteiger partial charge in [0.1, 0.15) is 5.78 Å². The molecule has 2 fully saturated rings. The van der Waals surface area contributed by atoms with Crippen LogP contribution >= 0.6 is 0 Å². The van der Waals surface area contributed by atoms with Crippen molar-refractivity contribution >= 4 is 17.5 Å². The van der Waals surface area contributed by atoms with Gasteiger partial charge >= 0.3 is 5.97 Å². The molecule has 208 valence electrons. The third-order valence-corrected chi connectivity index (χ3v) is 11.8. The molecule has 0 saturated heterocycles. The first-order chi connectivity index (χ1) is 16.9. The first kappa shape index (κ1) is 28.4. The Morgan fingerprint density at radius 1 is 0.973 bits per heavy atom. The topological polar surface area (TPSA) is 132 Å². The molecule has 0 bridgehead atoms. The van der Waals surface area contributed by atoms with Gasteiger partial charge in [0, 0.05) is 30.3 Å². The number of aliphatic hydroxyl groups is 3. The normalized spacial score (nSPS) is 44.5. The molecule has 0 aromatic heterocycles. The van der Waals surface area contributed by atoms with E-state index in [9.17, 15) is 34.8 Å². The lowest BCUT2D eigenvalue weighted by Crippen LogP contribution is -2.61. The number of hydrogen-bond donors (Lipinski definition) is 4. The fourth-order valence-electron chi connectivity index (χ4n) is 9.39. The lowest BCUT2D eigenvalue weighted by atomic mass is 9.42. The maximum Gasteiger partial charge on any atom is 0.306 e. The molecule has 0 aromatic rings. The van der Waals surface area contributed by atoms with Crippen molar-refractivity contribution in [2.45, 2.75) is 112 Å². The molecule has 4 rings (SSSR count). The Morgan fingerprint density at radius 2 is 1.59 bits per heavy atom. The number of Topliss-reactive ketones (excluding diaryl/α,β-unsaturated/α-hetero) is 2. The molecule has 0 amide bonds. The van der Waals surface area contributed by atoms with Gasteiger partial charge in [0.05, 0.1) is 24.2 Å². The van der Waals surface area contributed by atoms with Crippen LogP contribution in [0, 0.1) is 45.3 Å². The Kier molecular flexibility index (Phi) is 6.91. The molecule has 2 saturated carbocycles. The third kappa shape index (κ3) is 3.89. The number of carbonyl (C=O) groups is 3. The predicted octanol–water partition coefficient (Wildman–Crippen LogP) is 3.92. The van der Waals surface area contributed by atoms with Crippen molar-refractivity contribution < 1.29 is 34.8 Å². The summed E-state index contributed by atoms with van der Waals surface area (Å²) in [5, 5.41) is 43.3. The van der Waals surface area contributed by atoms with Crippen molar-refractivity contribution in [1.82, 2.24) is 0 Å². The van der Waals surface area contributed by atoms with Crippen molar-refractivity contribution in [3.63, 3.8) is 0 Å². The second-order valence-corrected chi connectivity index (χ2v) is 14.1. The zero-order valence-corrected chi connectivity index (χ0v) is 23.5. The molecule has 4 N–H and O–H groups in total. The number of carboxylic acid groups (broad SMARTS) is 1. The maximum absolute atomic E-state index is 14.1. The number of ketones is 2. The standard InChI is InChI=1S/C30H46O7/c1-15(10-17(31)11-16(2)26(36)37)18-12-23(35)30(7)25-19(32)13-21-27(3,4)22(34)8-9-28(21,5)24(25)20(33)14-29(18,30)6/h15-16,18-19,21-23,32,34-35H,8-14H2,1-7H3,(H,36,37)/t15-,16+,18-,19-,21+,22-,23-,28+,29+,30+/m0/s1. The number of rotatable bonds is 6. The van der Waals surface area contributed by atoms with E-state index in [2.05, 4.69) is 6.92 Å². The number of aliphatic hydroxyl groups excluding tert-OH is 3. The summed E-state index contributed by atoms with van der Waals surface area (Å²) in [6.45, 7) is 13.7. The number of fused-ring (bicyclic) bond motifs is 4. The first-order valence-electron chi connectivity index (χ1n) is 14.0. The van der Waals surface area contributed by atoms with Gasteiger partial charge in [-0.25, -0.2) is 0 Å². The molecular weight excluding hydrogens is 472 g/mol. The minimum atomic E-state index is -0.995. The largest absolute Gasteiger partial charge is 0.481 e. The second kappa shape index (κ2) is 8.99. The maximum atomic E-state index is 14.1. The zero-order chi connectivity index (χ0) is 27.9. The molecule has 7 heteroatoms. The number of hydrogen-bond acceptors (Lipinski definition) is 6. The van der Waals surface area contributed by atoms with E-state index in [1.165, 1.54) is 6.92 Å². The van der Waals surface area contributed by atoms with Crippen LogP contribution in [-0.4, -0.2) is 56.3 Å². The molecular formula is C30H46O7. The van der Waals surface area contributed by atoms with Gasteiger partial charge in [0.25, 0.3) is 0 Å². The van der Waals surface area contributed by atoms with Gasteiger partial charge in [-0.1, -0.05) is 48.5 Å². The molecule has 0 aliphatic heterocycles. The van der Waals surface area contributed by atoms with Crippen molar-refractivity contribution in [2.24, 2.45) is 45.3 Å². The van der Waals surface area contributed by atoms with Gasteiger partial charge in [-0.2, -0.15) is 0 Å². The average Bonchev–Trinajstić information content (AvgIpc) is 2.99. The van der Waals surface area contributed by atoms with Gasteiger partial charge in [-0.05, 0) is 65.3 Å². The molecule has 0 aromatic carbocycles. The van der Waals surface area contributed by atoms with Crippen LogP contribution in [0.15, 0.2) is 11.1 Å². The van der Waals surface area contributed by atoms with Crippen LogP contribution in [0.3, 0.4) is 0 Å². The third-order valence-electron chi connectivity index (χ3n) is 11.8. The number of carbonyl (C=O) groups excluding carboxylic acids is 2. The Labute approximate surface area is 220 Å². The summed E-state index contributed by atoms with van der Waals surface area (Å²) in [7, 11) is 0. The fraction of sp³-hybridized carbons (Fsp3) is 0.833. The van der Waals surface area contributed by atoms with Gasteiger partial charge in [-0.15, -0.1) is 0 Å². The SMILES string of the molecule is C[C@H](CC(=O)C[C@H](C)[C@@H]1C[C@H](O)[C@]2(C)C3=C(C(=O)C[C@]12C)[C@]1(C)CC[C@H](O)C(C)(C)[C@H]1C[C@@H]3O)C(=O)O. The highest BCUT2D eigenvalue weighted by molar-refractivity contribution is 6.00. The van der Waals surface area contributed by atoms with Gasteiger partial charge < -0.3 is 20.4 Å². The molecule has 4 aliphatic rings. The lowest BCUT2D eigenvalue weighted by molar-refractivity contribution is -0.143. The van der Waals surface area contributed by atoms with Gasteiger partial charge in [-0.3, -0.25) is 14.4 Å². The summed E-state index contributed by atoms with van der Waals surface area (Å²) in [6.07, 6.45) is 0.391. The van der Waals surface area contributed by atoms with Crippen LogP contribution in [0.25, 0.3) is 0 Å². The van der Waals surface area contributed by atoms with Crippen LogP contribution < -0.4 is 0 Å². The quantitative estimate of drug-likeness (QED) is 0.419. The monoisotopic (exact) mass is 518 g/mol. The van der Waals surface area contributed by atoms with Crippen LogP contribution in [0.4, 0.5) is 0 Å². The van der Waals surface area contributed by atoms with Crippen molar-refractivity contribution in [1.29, 1.82) is 0 Å². The van der Waals surface area contributed by atoms with Crippen LogP contribution in [0.2, 0.25) is 0 Å². The van der Waals surface area contributed by atoms with Crippen LogP contribution in [-0.2, 0) is 14.4 Å². The number of aliphatic carboxylic acids is 1. The highest BCUT2D eigenvalue weighted by Crippen LogP contribution is 2.71. The Hall–Kier alpha value is -1.57. The number of carboxylic acids is 1. The van der Waals surface area contributed by atoms with Gasteiger partial charge in [0.15, 0.2) is 5.78 Å².